The molecule has 0 aromatic heterocycles. The van der Waals surface area contributed by atoms with E-state index in [-0.39, 0.29) is 0 Å². The molecule has 8 heavy (non-hydrogen) atoms. The van der Waals surface area contributed by atoms with E-state index in [0.29, 0.717) is 5.41 Å². The number of hydrogen-bond acceptors (Lipinski definition) is 1. The summed E-state index contributed by atoms with van der Waals surface area (Å²) in [6, 6.07) is 0. The molecule has 1 nitrogen and oxygen atoms in total. The Bertz CT molecular complexity index is 91.1. The van der Waals surface area contributed by atoms with Crippen molar-refractivity contribution in [1.82, 2.24) is 5.31 Å². The second-order valence-corrected chi connectivity index (χ2v) is 3.34. The van der Waals surface area contributed by atoms with Crippen molar-refractivity contribution >= 4 is 0 Å². The van der Waals surface area contributed by atoms with Gasteiger partial charge >= 0.3 is 0 Å². The van der Waals surface area contributed by atoms with Crippen molar-refractivity contribution in [3.8, 4) is 0 Å². The lowest BCUT2D eigenvalue weighted by molar-refractivity contribution is 0.259. The van der Waals surface area contributed by atoms with Crippen LogP contribution >= 0.6 is 0 Å². The van der Waals surface area contributed by atoms with E-state index in [2.05, 4.69) is 13.8 Å². The van der Waals surface area contributed by atoms with Gasteiger partial charge in [0, 0.05) is 0 Å². The molecule has 1 heterocycles. The fourth-order valence-electron chi connectivity index (χ4n) is 1.00. The average molecular weight is 114 g/mol. The molecule has 1 fully saturated rings. The van der Waals surface area contributed by atoms with Gasteiger partial charge < -0.3 is 5.31 Å². The second kappa shape index (κ2) is 2.06. The van der Waals surface area contributed by atoms with Gasteiger partial charge in [-0.2, -0.15) is 0 Å². The van der Waals surface area contributed by atoms with Crippen LogP contribution in [0.25, 0.3) is 0 Å². The number of nitrogens with one attached hydrogen (secondary N) is 1. The predicted molar refractivity (Wildman–Crippen MR) is 35.9 cm³/mol. The van der Waals surface area contributed by atoms with Crippen LogP contribution in [-0.4, -0.2) is 13.1 Å². The normalized spacial score (nSPS) is 32.0. The van der Waals surface area contributed by atoms with Crippen molar-refractivity contribution in [2.75, 3.05) is 13.1 Å². The maximum atomic E-state index is 7.28. The van der Waals surface area contributed by atoms with E-state index in [4.69, 9.17) is 1.41 Å². The third kappa shape index (κ3) is 1.48. The molecule has 0 saturated carbocycles. The third-order valence-corrected chi connectivity index (χ3v) is 1.89. The first-order chi connectivity index (χ1) is 4.10. The van der Waals surface area contributed by atoms with Gasteiger partial charge in [0.05, 0.1) is 0 Å². The molecule has 0 bridgehead atoms. The molecule has 1 heteroatoms. The summed E-state index contributed by atoms with van der Waals surface area (Å²) in [5.41, 5.74) is 0.498. The molecule has 48 valence electrons. The summed E-state index contributed by atoms with van der Waals surface area (Å²) in [5.74, 6) is 0. The van der Waals surface area contributed by atoms with Crippen molar-refractivity contribution in [2.24, 2.45) is 5.41 Å². The van der Waals surface area contributed by atoms with Gasteiger partial charge in [0.1, 0.15) is 1.41 Å². The van der Waals surface area contributed by atoms with Gasteiger partial charge in [-0.05, 0) is 31.3 Å². The lowest BCUT2D eigenvalue weighted by atomic mass is 9.83. The minimum Gasteiger partial charge on any atom is -0.317 e. The molecule has 1 aliphatic heterocycles. The van der Waals surface area contributed by atoms with Gasteiger partial charge in [0.2, 0.25) is 0 Å². The molecule has 0 aromatic rings. The van der Waals surface area contributed by atoms with E-state index in [9.17, 15) is 0 Å². The average Bonchev–Trinajstić information content (AvgIpc) is 1.78. The molecule has 0 amide bonds. The van der Waals surface area contributed by atoms with Gasteiger partial charge in [-0.3, -0.25) is 0 Å². The highest BCUT2D eigenvalue weighted by atomic mass is 14.9. The Labute approximate surface area is 52.9 Å². The summed E-state index contributed by atoms with van der Waals surface area (Å²) < 4.78 is 7.28. The van der Waals surface area contributed by atoms with Gasteiger partial charge in [0.15, 0.2) is 0 Å². The number of hydrogen-bond donors (Lipinski definition) is 1. The minimum absolute atomic E-state index is 0.498. The zero-order chi connectivity index (χ0) is 6.91. The molecule has 0 unspecified atom stereocenters. The third-order valence-electron chi connectivity index (χ3n) is 1.89. The lowest BCUT2D eigenvalue weighted by Gasteiger charge is -2.29. The van der Waals surface area contributed by atoms with Crippen molar-refractivity contribution < 1.29 is 1.41 Å². The van der Waals surface area contributed by atoms with Crippen LogP contribution in [0.4, 0.5) is 0 Å². The van der Waals surface area contributed by atoms with Crippen LogP contribution in [0.1, 0.15) is 26.7 Å². The van der Waals surface area contributed by atoms with E-state index in [1.54, 1.807) is 5.31 Å². The van der Waals surface area contributed by atoms with Crippen LogP contribution in [0.2, 0.25) is 1.41 Å². The molecule has 1 N–H and O–H groups in total. The minimum atomic E-state index is 0.498. The Morgan fingerprint density at radius 3 is 2.25 bits per heavy atom. The molecule has 1 saturated heterocycles. The largest absolute Gasteiger partial charge is 0.317 e. The van der Waals surface area contributed by atoms with Crippen molar-refractivity contribution in [3.05, 3.63) is 0 Å². The van der Waals surface area contributed by atoms with Crippen LogP contribution in [0.3, 0.4) is 0 Å². The SMILES string of the molecule is [2H]N1CCC(C)(C)CC1. The van der Waals surface area contributed by atoms with Gasteiger partial charge in [-0.1, -0.05) is 13.8 Å². The molecule has 0 spiro atoms. The summed E-state index contributed by atoms with van der Waals surface area (Å²) in [5, 5.41) is 1.66. The van der Waals surface area contributed by atoms with Crippen molar-refractivity contribution in [2.45, 2.75) is 26.7 Å². The monoisotopic (exact) mass is 114 g/mol. The highest BCUT2D eigenvalue weighted by molar-refractivity contribution is 4.75. The molecule has 1 aliphatic rings. The Morgan fingerprint density at radius 2 is 1.88 bits per heavy atom. The zero-order valence-corrected chi connectivity index (χ0v) is 5.78. The van der Waals surface area contributed by atoms with E-state index in [1.807, 2.05) is 0 Å². The summed E-state index contributed by atoms with van der Waals surface area (Å²) in [6.45, 7) is 6.46. The fourth-order valence-corrected chi connectivity index (χ4v) is 1.00. The van der Waals surface area contributed by atoms with E-state index >= 15 is 0 Å². The standard InChI is InChI=1S/C7H15N/c1-7(2)3-5-8-6-4-7/h8H,3-6H2,1-2H3/i/hD. The molecule has 0 radical (unpaired) electrons. The molecule has 0 aliphatic carbocycles. The molecular weight excluding hydrogens is 98.1 g/mol. The van der Waals surface area contributed by atoms with Crippen molar-refractivity contribution in [1.29, 1.82) is 0 Å². The maximum Gasteiger partial charge on any atom is 0.122 e. The van der Waals surface area contributed by atoms with E-state index < -0.39 is 0 Å². The summed E-state index contributed by atoms with van der Waals surface area (Å²) in [6.07, 6.45) is 2.35. The van der Waals surface area contributed by atoms with Crippen LogP contribution < -0.4 is 5.31 Å². The molecule has 0 aromatic carbocycles. The van der Waals surface area contributed by atoms with Crippen LogP contribution in [0.15, 0.2) is 0 Å². The van der Waals surface area contributed by atoms with Crippen LogP contribution in [-0.2, 0) is 0 Å². The molecular formula is C7H15N. The van der Waals surface area contributed by atoms with E-state index in [1.165, 1.54) is 12.8 Å². The Morgan fingerprint density at radius 1 is 1.38 bits per heavy atom. The summed E-state index contributed by atoms with van der Waals surface area (Å²) >= 11 is 0. The van der Waals surface area contributed by atoms with E-state index in [0.717, 1.165) is 13.1 Å². The smallest absolute Gasteiger partial charge is 0.122 e. The quantitative estimate of drug-likeness (QED) is 0.502. The zero-order valence-electron chi connectivity index (χ0n) is 6.78. The fraction of sp³-hybridized carbons (Fsp3) is 1.00. The lowest BCUT2D eigenvalue weighted by Crippen LogP contribution is -2.32. The highest BCUT2D eigenvalue weighted by Gasteiger charge is 2.19. The van der Waals surface area contributed by atoms with Gasteiger partial charge in [-0.25, -0.2) is 0 Å². The summed E-state index contributed by atoms with van der Waals surface area (Å²) in [7, 11) is 0. The molecule has 1 rings (SSSR count). The Kier molecular flexibility index (Phi) is 1.24. The molecule has 0 atom stereocenters. The Balaban J connectivity index is 2.35. The first-order valence-electron chi connectivity index (χ1n) is 3.79. The first-order valence-corrected chi connectivity index (χ1v) is 3.34. The topological polar surface area (TPSA) is 12.0 Å². The van der Waals surface area contributed by atoms with Crippen LogP contribution in [0, 0.1) is 5.41 Å². The number of piperidine rings is 1. The highest BCUT2D eigenvalue weighted by Crippen LogP contribution is 2.25. The maximum absolute atomic E-state index is 7.28. The van der Waals surface area contributed by atoms with Crippen LogP contribution in [0.5, 0.6) is 0 Å². The second-order valence-electron chi connectivity index (χ2n) is 3.34. The van der Waals surface area contributed by atoms with Gasteiger partial charge in [0.25, 0.3) is 0 Å². The first kappa shape index (κ1) is 4.80. The summed E-state index contributed by atoms with van der Waals surface area (Å²) in [4.78, 5) is 0. The Hall–Kier alpha value is -0.0400. The predicted octanol–water partition coefficient (Wildman–Crippen LogP) is 1.40. The van der Waals surface area contributed by atoms with Crippen molar-refractivity contribution in [3.63, 3.8) is 0 Å². The van der Waals surface area contributed by atoms with Gasteiger partial charge in [-0.15, -0.1) is 0 Å². The number of rotatable bonds is 0.